The monoisotopic (exact) mass is 284 g/mol. The molecule has 0 unspecified atom stereocenters. The number of fused-ring (bicyclic) bond motifs is 1. The SMILES string of the molecule is COc1ccc(Oc2ccc3c(c2)CCON3O)cc1.[B]. The fourth-order valence-electron chi connectivity index (χ4n) is 2.10. The average molecular weight is 284 g/mol. The van der Waals surface area contributed by atoms with Crippen molar-refractivity contribution in [1.82, 2.24) is 0 Å². The molecule has 1 heterocycles. The first-order valence-corrected chi connectivity index (χ1v) is 6.33. The highest BCUT2D eigenvalue weighted by molar-refractivity contribution is 5.75. The van der Waals surface area contributed by atoms with E-state index in [9.17, 15) is 5.21 Å². The van der Waals surface area contributed by atoms with E-state index in [4.69, 9.17) is 14.3 Å². The summed E-state index contributed by atoms with van der Waals surface area (Å²) in [4.78, 5) is 5.02. The van der Waals surface area contributed by atoms with Crippen LogP contribution in [0.15, 0.2) is 42.5 Å². The summed E-state index contributed by atoms with van der Waals surface area (Å²) in [5.74, 6) is 2.25. The molecule has 5 nitrogen and oxygen atoms in total. The molecule has 0 saturated heterocycles. The molecular formula is C15H15BNO4. The second kappa shape index (κ2) is 6.52. The molecule has 107 valence electrons. The first kappa shape index (κ1) is 15.2. The molecule has 1 aliphatic rings. The Hall–Kier alpha value is -2.18. The van der Waals surface area contributed by atoms with Crippen molar-refractivity contribution in [3.8, 4) is 17.2 Å². The van der Waals surface area contributed by atoms with Crippen molar-refractivity contribution >= 4 is 14.1 Å². The van der Waals surface area contributed by atoms with E-state index in [0.29, 0.717) is 12.3 Å². The van der Waals surface area contributed by atoms with Gasteiger partial charge in [-0.1, -0.05) is 0 Å². The van der Waals surface area contributed by atoms with E-state index in [2.05, 4.69) is 0 Å². The number of nitrogens with zero attached hydrogens (tertiary/aromatic N) is 1. The van der Waals surface area contributed by atoms with Gasteiger partial charge >= 0.3 is 0 Å². The van der Waals surface area contributed by atoms with Crippen LogP contribution in [-0.2, 0) is 11.3 Å². The minimum Gasteiger partial charge on any atom is -0.497 e. The molecule has 0 atom stereocenters. The molecule has 21 heavy (non-hydrogen) atoms. The number of anilines is 1. The lowest BCUT2D eigenvalue weighted by Gasteiger charge is -2.24. The Morgan fingerprint density at radius 2 is 1.71 bits per heavy atom. The summed E-state index contributed by atoms with van der Waals surface area (Å²) in [5.41, 5.74) is 1.64. The van der Waals surface area contributed by atoms with Crippen LogP contribution in [0.4, 0.5) is 5.69 Å². The van der Waals surface area contributed by atoms with Gasteiger partial charge in [0.2, 0.25) is 0 Å². The quantitative estimate of drug-likeness (QED) is 0.878. The van der Waals surface area contributed by atoms with E-state index in [1.54, 1.807) is 19.2 Å². The number of hydrogen-bond acceptors (Lipinski definition) is 5. The molecule has 1 aliphatic heterocycles. The molecule has 0 spiro atoms. The van der Waals surface area contributed by atoms with Crippen LogP contribution in [0.1, 0.15) is 5.56 Å². The van der Waals surface area contributed by atoms with Gasteiger partial charge in [0.05, 0.1) is 19.4 Å². The van der Waals surface area contributed by atoms with Gasteiger partial charge in [0.15, 0.2) is 0 Å². The van der Waals surface area contributed by atoms with Crippen molar-refractivity contribution < 1.29 is 19.5 Å². The summed E-state index contributed by atoms with van der Waals surface area (Å²) in [6, 6.07) is 12.9. The largest absolute Gasteiger partial charge is 0.497 e. The van der Waals surface area contributed by atoms with Gasteiger partial charge in [-0.3, -0.25) is 5.21 Å². The van der Waals surface area contributed by atoms with E-state index < -0.39 is 0 Å². The summed E-state index contributed by atoms with van der Waals surface area (Å²) >= 11 is 0. The highest BCUT2D eigenvalue weighted by Crippen LogP contribution is 2.31. The van der Waals surface area contributed by atoms with Crippen molar-refractivity contribution in [3.05, 3.63) is 48.0 Å². The number of rotatable bonds is 3. The highest BCUT2D eigenvalue weighted by Gasteiger charge is 2.16. The minimum absolute atomic E-state index is 0. The van der Waals surface area contributed by atoms with Crippen LogP contribution in [0.5, 0.6) is 17.2 Å². The third kappa shape index (κ3) is 3.29. The fourth-order valence-corrected chi connectivity index (χ4v) is 2.10. The molecule has 0 amide bonds. The van der Waals surface area contributed by atoms with E-state index in [1.807, 2.05) is 30.3 Å². The van der Waals surface area contributed by atoms with Crippen molar-refractivity contribution in [2.24, 2.45) is 0 Å². The van der Waals surface area contributed by atoms with Gasteiger partial charge in [0.25, 0.3) is 0 Å². The predicted molar refractivity (Wildman–Crippen MR) is 79.2 cm³/mol. The molecule has 0 aromatic heterocycles. The Morgan fingerprint density at radius 3 is 2.43 bits per heavy atom. The zero-order valence-electron chi connectivity index (χ0n) is 11.7. The Labute approximate surface area is 125 Å². The molecule has 2 aromatic carbocycles. The van der Waals surface area contributed by atoms with Gasteiger partial charge < -0.3 is 9.47 Å². The smallest absolute Gasteiger partial charge is 0.127 e. The Balaban J connectivity index is 0.00000161. The molecule has 6 heteroatoms. The summed E-state index contributed by atoms with van der Waals surface area (Å²) < 4.78 is 10.9. The van der Waals surface area contributed by atoms with Crippen molar-refractivity contribution in [2.75, 3.05) is 18.9 Å². The molecule has 0 saturated carbocycles. The number of hydrogen-bond donors (Lipinski definition) is 1. The van der Waals surface area contributed by atoms with Crippen molar-refractivity contribution in [2.45, 2.75) is 6.42 Å². The fraction of sp³-hybridized carbons (Fsp3) is 0.200. The van der Waals surface area contributed by atoms with Crippen LogP contribution in [0.25, 0.3) is 0 Å². The molecule has 0 bridgehead atoms. The highest BCUT2D eigenvalue weighted by atomic mass is 16.9. The lowest BCUT2D eigenvalue weighted by atomic mass is 10.1. The van der Waals surface area contributed by atoms with Crippen LogP contribution in [0.3, 0.4) is 0 Å². The molecular weight excluding hydrogens is 269 g/mol. The molecule has 0 aliphatic carbocycles. The third-order valence-electron chi connectivity index (χ3n) is 3.14. The summed E-state index contributed by atoms with van der Waals surface area (Å²) in [7, 11) is 1.63. The van der Waals surface area contributed by atoms with E-state index in [-0.39, 0.29) is 8.41 Å². The van der Waals surface area contributed by atoms with Crippen molar-refractivity contribution in [3.63, 3.8) is 0 Å². The topological polar surface area (TPSA) is 51.2 Å². The van der Waals surface area contributed by atoms with Gasteiger partial charge in [0, 0.05) is 14.8 Å². The normalized spacial score (nSPS) is 13.1. The second-order valence-electron chi connectivity index (χ2n) is 4.42. The maximum absolute atomic E-state index is 9.56. The van der Waals surface area contributed by atoms with Crippen LogP contribution in [0.2, 0.25) is 0 Å². The molecule has 3 rings (SSSR count). The maximum Gasteiger partial charge on any atom is 0.127 e. The minimum atomic E-state index is 0. The zero-order chi connectivity index (χ0) is 13.9. The Kier molecular flexibility index (Phi) is 4.72. The summed E-state index contributed by atoms with van der Waals surface area (Å²) in [6.07, 6.45) is 0.742. The Bertz CT molecular complexity index is 603. The van der Waals surface area contributed by atoms with Crippen LogP contribution >= 0.6 is 0 Å². The van der Waals surface area contributed by atoms with Crippen LogP contribution in [0, 0.1) is 0 Å². The summed E-state index contributed by atoms with van der Waals surface area (Å²) in [5, 5.41) is 10.4. The van der Waals surface area contributed by atoms with Gasteiger partial charge in [-0.25, -0.2) is 4.84 Å². The van der Waals surface area contributed by atoms with Crippen molar-refractivity contribution in [1.29, 1.82) is 0 Å². The van der Waals surface area contributed by atoms with Gasteiger partial charge in [-0.05, 0) is 48.0 Å². The van der Waals surface area contributed by atoms with Crippen LogP contribution < -0.4 is 14.7 Å². The molecule has 3 radical (unpaired) electrons. The lowest BCUT2D eigenvalue weighted by Crippen LogP contribution is -2.26. The lowest BCUT2D eigenvalue weighted by molar-refractivity contribution is -0.0473. The second-order valence-corrected chi connectivity index (χ2v) is 4.42. The number of methoxy groups -OCH3 is 1. The van der Waals surface area contributed by atoms with Crippen LogP contribution in [-0.4, -0.2) is 27.3 Å². The number of ether oxygens (including phenoxy) is 2. The number of benzene rings is 2. The average Bonchev–Trinajstić information content (AvgIpc) is 2.48. The van der Waals surface area contributed by atoms with Gasteiger partial charge in [0.1, 0.15) is 17.2 Å². The first-order valence-electron chi connectivity index (χ1n) is 6.33. The standard InChI is InChI=1S/C15H15NO4.B/c1-18-12-2-4-13(5-3-12)20-14-6-7-15-11(10-14)8-9-19-16(15)17;/h2-7,10,17H,8-9H2,1H3;. The van der Waals surface area contributed by atoms with E-state index in [1.165, 1.54) is 0 Å². The molecule has 2 aromatic rings. The third-order valence-corrected chi connectivity index (χ3v) is 3.14. The molecule has 1 N–H and O–H groups in total. The maximum atomic E-state index is 9.56. The zero-order valence-corrected chi connectivity index (χ0v) is 11.7. The first-order chi connectivity index (χ1) is 9.76. The van der Waals surface area contributed by atoms with E-state index >= 15 is 0 Å². The molecule has 0 fully saturated rings. The van der Waals surface area contributed by atoms with Gasteiger partial charge in [-0.2, -0.15) is 0 Å². The van der Waals surface area contributed by atoms with E-state index in [0.717, 1.165) is 34.5 Å². The predicted octanol–water partition coefficient (Wildman–Crippen LogP) is 2.79. The Morgan fingerprint density at radius 1 is 1.05 bits per heavy atom. The van der Waals surface area contributed by atoms with Gasteiger partial charge in [-0.15, -0.1) is 5.23 Å². The summed E-state index contributed by atoms with van der Waals surface area (Å²) in [6.45, 7) is 0.454.